The van der Waals surface area contributed by atoms with Crippen molar-refractivity contribution in [1.82, 2.24) is 10.7 Å². The molecule has 0 radical (unpaired) electrons. The standard InChI is InChI=1S/C33H30Cl2N4O7/c1-21(46-29-14-13-25(34)17-26(29)35)32(40)37-27(15-22-9-5-3-6-10-22)33(41)38-36-19-24-16-30(44-2)31(18-28(24)39(42)43)45-20-23-11-7-4-8-12-23/h3-14,16-19,21,27H,15,20H2,1-2H3,(H,37,40)(H,38,41)/b36-19-/t21-,27+/m0/s1. The third-order valence-electron chi connectivity index (χ3n) is 6.61. The molecule has 0 aliphatic heterocycles. The second-order valence-electron chi connectivity index (χ2n) is 9.91. The molecule has 0 unspecified atom stereocenters. The molecule has 0 saturated carbocycles. The number of amides is 2. The summed E-state index contributed by atoms with van der Waals surface area (Å²) in [6.45, 7) is 1.68. The van der Waals surface area contributed by atoms with Crippen LogP contribution in [0.15, 0.2) is 96.1 Å². The molecule has 0 bridgehead atoms. The predicted molar refractivity (Wildman–Crippen MR) is 175 cm³/mol. The Labute approximate surface area is 275 Å². The van der Waals surface area contributed by atoms with Gasteiger partial charge in [0.25, 0.3) is 17.5 Å². The number of halogens is 2. The average Bonchev–Trinajstić information content (AvgIpc) is 3.05. The molecule has 2 atom stereocenters. The monoisotopic (exact) mass is 664 g/mol. The van der Waals surface area contributed by atoms with E-state index in [-0.39, 0.29) is 46.5 Å². The average molecular weight is 666 g/mol. The number of hydrogen-bond donors (Lipinski definition) is 2. The fourth-order valence-electron chi connectivity index (χ4n) is 4.24. The first-order valence-corrected chi connectivity index (χ1v) is 14.7. The number of benzene rings is 4. The van der Waals surface area contributed by atoms with Crippen LogP contribution in [0.5, 0.6) is 17.2 Å². The van der Waals surface area contributed by atoms with Crippen LogP contribution < -0.4 is 25.0 Å². The molecule has 0 aliphatic rings. The highest BCUT2D eigenvalue weighted by Crippen LogP contribution is 2.34. The molecule has 4 aromatic carbocycles. The fourth-order valence-corrected chi connectivity index (χ4v) is 4.69. The molecular formula is C33H30Cl2N4O7. The third-order valence-corrected chi connectivity index (χ3v) is 7.14. The van der Waals surface area contributed by atoms with E-state index in [1.165, 1.54) is 38.3 Å². The molecule has 0 aromatic heterocycles. The van der Waals surface area contributed by atoms with Crippen LogP contribution in [0.4, 0.5) is 5.69 Å². The molecule has 0 fully saturated rings. The second kappa shape index (κ2) is 16.3. The van der Waals surface area contributed by atoms with Gasteiger partial charge in [-0.1, -0.05) is 83.9 Å². The van der Waals surface area contributed by atoms with Crippen molar-refractivity contribution in [3.05, 3.63) is 128 Å². The normalized spacial score (nSPS) is 12.2. The molecular weight excluding hydrogens is 635 g/mol. The van der Waals surface area contributed by atoms with E-state index >= 15 is 0 Å². The van der Waals surface area contributed by atoms with E-state index in [0.29, 0.717) is 5.02 Å². The molecule has 0 spiro atoms. The van der Waals surface area contributed by atoms with E-state index in [4.69, 9.17) is 37.4 Å². The number of methoxy groups -OCH3 is 1. The zero-order valence-electron chi connectivity index (χ0n) is 24.8. The van der Waals surface area contributed by atoms with E-state index in [1.807, 2.05) is 36.4 Å². The predicted octanol–water partition coefficient (Wildman–Crippen LogP) is 6.13. The molecule has 0 saturated heterocycles. The maximum atomic E-state index is 13.3. The Morgan fingerprint density at radius 1 is 0.913 bits per heavy atom. The summed E-state index contributed by atoms with van der Waals surface area (Å²) in [4.78, 5) is 37.6. The Kier molecular flexibility index (Phi) is 11.9. The Hall–Kier alpha value is -5.13. The number of hydrazone groups is 1. The molecule has 0 heterocycles. The zero-order chi connectivity index (χ0) is 33.1. The van der Waals surface area contributed by atoms with Gasteiger partial charge < -0.3 is 19.5 Å². The molecule has 13 heteroatoms. The minimum Gasteiger partial charge on any atom is -0.493 e. The first-order chi connectivity index (χ1) is 22.1. The van der Waals surface area contributed by atoms with Crippen molar-refractivity contribution in [2.24, 2.45) is 5.10 Å². The Balaban J connectivity index is 1.49. The van der Waals surface area contributed by atoms with Crippen LogP contribution in [0.25, 0.3) is 0 Å². The van der Waals surface area contributed by atoms with Gasteiger partial charge in [-0.2, -0.15) is 5.10 Å². The lowest BCUT2D eigenvalue weighted by atomic mass is 10.1. The van der Waals surface area contributed by atoms with Gasteiger partial charge in [-0.3, -0.25) is 19.7 Å². The van der Waals surface area contributed by atoms with Crippen molar-refractivity contribution in [3.8, 4) is 17.2 Å². The molecule has 11 nitrogen and oxygen atoms in total. The number of nitrogens with zero attached hydrogens (tertiary/aromatic N) is 2. The molecule has 2 N–H and O–H groups in total. The van der Waals surface area contributed by atoms with Gasteiger partial charge in [-0.05, 0) is 42.3 Å². The molecule has 2 amide bonds. The van der Waals surface area contributed by atoms with Gasteiger partial charge in [0.2, 0.25) is 0 Å². The number of nitro benzene ring substituents is 1. The van der Waals surface area contributed by atoms with Crippen LogP contribution in [-0.2, 0) is 22.6 Å². The van der Waals surface area contributed by atoms with Gasteiger partial charge in [-0.15, -0.1) is 0 Å². The minimum atomic E-state index is -1.07. The van der Waals surface area contributed by atoms with Crippen molar-refractivity contribution >= 4 is 46.9 Å². The number of nitrogens with one attached hydrogen (secondary N) is 2. The topological polar surface area (TPSA) is 141 Å². The highest BCUT2D eigenvalue weighted by molar-refractivity contribution is 6.35. The minimum absolute atomic E-state index is 0.0553. The SMILES string of the molecule is COc1cc(/C=N\NC(=O)[C@@H](Cc2ccccc2)NC(=O)[C@H](C)Oc2ccc(Cl)cc2Cl)c([N+](=O)[O-])cc1OCc1ccccc1. The summed E-state index contributed by atoms with van der Waals surface area (Å²) in [6, 6.07) is 24.5. The smallest absolute Gasteiger partial charge is 0.282 e. The molecule has 4 aromatic rings. The highest BCUT2D eigenvalue weighted by Gasteiger charge is 2.26. The van der Waals surface area contributed by atoms with Crippen LogP contribution in [-0.4, -0.2) is 42.2 Å². The van der Waals surface area contributed by atoms with Crippen molar-refractivity contribution in [2.75, 3.05) is 7.11 Å². The molecule has 46 heavy (non-hydrogen) atoms. The second-order valence-corrected chi connectivity index (χ2v) is 10.8. The van der Waals surface area contributed by atoms with E-state index < -0.39 is 28.9 Å². The van der Waals surface area contributed by atoms with Gasteiger partial charge in [0.1, 0.15) is 18.4 Å². The van der Waals surface area contributed by atoms with E-state index in [2.05, 4.69) is 15.8 Å². The zero-order valence-corrected chi connectivity index (χ0v) is 26.3. The largest absolute Gasteiger partial charge is 0.493 e. The number of carbonyl (C=O) groups excluding carboxylic acids is 2. The summed E-state index contributed by atoms with van der Waals surface area (Å²) in [5.74, 6) is -0.601. The van der Waals surface area contributed by atoms with E-state index in [9.17, 15) is 19.7 Å². The lowest BCUT2D eigenvalue weighted by Crippen LogP contribution is -2.50. The summed E-state index contributed by atoms with van der Waals surface area (Å²) in [5.41, 5.74) is 3.75. The Morgan fingerprint density at radius 3 is 2.22 bits per heavy atom. The summed E-state index contributed by atoms with van der Waals surface area (Å²) in [5, 5.41) is 19.2. The number of nitro groups is 1. The summed E-state index contributed by atoms with van der Waals surface area (Å²) in [7, 11) is 1.40. The van der Waals surface area contributed by atoms with Gasteiger partial charge in [0, 0.05) is 11.4 Å². The quantitative estimate of drug-likeness (QED) is 0.0937. The van der Waals surface area contributed by atoms with Crippen molar-refractivity contribution in [3.63, 3.8) is 0 Å². The maximum Gasteiger partial charge on any atom is 0.282 e. The van der Waals surface area contributed by atoms with E-state index in [1.54, 1.807) is 30.3 Å². The highest BCUT2D eigenvalue weighted by atomic mass is 35.5. The summed E-state index contributed by atoms with van der Waals surface area (Å²) in [6.07, 6.45) is 0.227. The number of carbonyl (C=O) groups is 2. The van der Waals surface area contributed by atoms with Crippen molar-refractivity contribution < 1.29 is 28.7 Å². The third kappa shape index (κ3) is 9.43. The van der Waals surface area contributed by atoms with Gasteiger partial charge >= 0.3 is 0 Å². The van der Waals surface area contributed by atoms with E-state index in [0.717, 1.165) is 17.3 Å². The van der Waals surface area contributed by atoms with Gasteiger partial charge in [0.15, 0.2) is 17.6 Å². The van der Waals surface area contributed by atoms with Crippen LogP contribution in [0.3, 0.4) is 0 Å². The van der Waals surface area contributed by atoms with Crippen molar-refractivity contribution in [2.45, 2.75) is 32.1 Å². The van der Waals surface area contributed by atoms with Crippen LogP contribution in [0, 0.1) is 10.1 Å². The lowest BCUT2D eigenvalue weighted by molar-refractivity contribution is -0.385. The van der Waals surface area contributed by atoms with Crippen LogP contribution in [0.1, 0.15) is 23.6 Å². The van der Waals surface area contributed by atoms with Crippen LogP contribution in [0.2, 0.25) is 10.0 Å². The molecule has 4 rings (SSSR count). The van der Waals surface area contributed by atoms with Gasteiger partial charge in [-0.25, -0.2) is 5.43 Å². The molecule has 0 aliphatic carbocycles. The number of ether oxygens (including phenoxy) is 3. The first kappa shape index (κ1) is 33.8. The lowest BCUT2D eigenvalue weighted by Gasteiger charge is -2.21. The Bertz CT molecular complexity index is 1710. The number of hydrogen-bond acceptors (Lipinski definition) is 8. The molecule has 238 valence electrons. The number of rotatable bonds is 14. The fraction of sp³-hybridized carbons (Fsp3) is 0.182. The van der Waals surface area contributed by atoms with Gasteiger partial charge in [0.05, 0.1) is 34.9 Å². The maximum absolute atomic E-state index is 13.3. The summed E-state index contributed by atoms with van der Waals surface area (Å²) < 4.78 is 16.9. The first-order valence-electron chi connectivity index (χ1n) is 14.0. The van der Waals surface area contributed by atoms with Crippen LogP contribution >= 0.6 is 23.2 Å². The Morgan fingerprint density at radius 2 is 1.59 bits per heavy atom. The van der Waals surface area contributed by atoms with Crippen molar-refractivity contribution in [1.29, 1.82) is 0 Å². The summed E-state index contributed by atoms with van der Waals surface area (Å²) >= 11 is 12.1.